The average molecular weight is 348 g/mol. The Morgan fingerprint density at radius 2 is 2.00 bits per heavy atom. The van der Waals surface area contributed by atoms with Gasteiger partial charge in [0.2, 0.25) is 11.6 Å². The second-order valence-corrected chi connectivity index (χ2v) is 7.73. The van der Waals surface area contributed by atoms with E-state index in [9.17, 15) is 14.7 Å². The van der Waals surface area contributed by atoms with Crippen LogP contribution < -0.4 is 4.90 Å². The maximum Gasteiger partial charge on any atom is 0.234 e. The number of thiophene rings is 1. The third-order valence-corrected chi connectivity index (χ3v) is 6.33. The molecule has 2 heterocycles. The van der Waals surface area contributed by atoms with Crippen molar-refractivity contribution in [3.8, 4) is 0 Å². The Labute approximate surface area is 142 Å². The van der Waals surface area contributed by atoms with Crippen LogP contribution >= 0.6 is 23.1 Å². The zero-order valence-corrected chi connectivity index (χ0v) is 14.6. The highest BCUT2D eigenvalue weighted by Gasteiger charge is 2.46. The van der Waals surface area contributed by atoms with Gasteiger partial charge in [-0.15, -0.1) is 11.3 Å². The third-order valence-electron chi connectivity index (χ3n) is 3.80. The average Bonchev–Trinajstić information content (AvgIpc) is 3.20. The number of aliphatic imine (C=N–C) groups is 1. The molecule has 1 aromatic heterocycles. The number of Topliss-reactive ketones (excluding diaryl/α,β-unsaturated/α-hetero) is 2. The number of rotatable bonds is 3. The molecule has 0 bridgehead atoms. The van der Waals surface area contributed by atoms with Gasteiger partial charge in [0.1, 0.15) is 5.76 Å². The van der Waals surface area contributed by atoms with Gasteiger partial charge in [-0.2, -0.15) is 0 Å². The summed E-state index contributed by atoms with van der Waals surface area (Å²) in [6.07, 6.45) is 3.63. The van der Waals surface area contributed by atoms with Gasteiger partial charge in [-0.05, 0) is 18.2 Å². The van der Waals surface area contributed by atoms with Gasteiger partial charge in [-0.3, -0.25) is 14.6 Å². The zero-order valence-electron chi connectivity index (χ0n) is 12.9. The van der Waals surface area contributed by atoms with Crippen LogP contribution in [0.15, 0.2) is 35.0 Å². The molecule has 7 heteroatoms. The lowest BCUT2D eigenvalue weighted by Crippen LogP contribution is -2.25. The molecule has 0 fully saturated rings. The van der Waals surface area contributed by atoms with E-state index in [1.807, 2.05) is 37.2 Å². The normalized spacial score (nSPS) is 26.0. The molecule has 120 valence electrons. The van der Waals surface area contributed by atoms with E-state index in [2.05, 4.69) is 4.99 Å². The summed E-state index contributed by atoms with van der Waals surface area (Å²) < 4.78 is 0. The van der Waals surface area contributed by atoms with Crippen LogP contribution in [0.1, 0.15) is 4.88 Å². The van der Waals surface area contributed by atoms with Crippen molar-refractivity contribution >= 4 is 50.3 Å². The molecule has 0 spiro atoms. The number of nitrogens with zero attached hydrogens (tertiary/aromatic N) is 2. The molecular weight excluding hydrogens is 332 g/mol. The molecular formula is C16H16N2O3S2. The van der Waals surface area contributed by atoms with Gasteiger partial charge in [0, 0.05) is 31.3 Å². The maximum absolute atomic E-state index is 12.4. The predicted molar refractivity (Wildman–Crippen MR) is 95.6 cm³/mol. The van der Waals surface area contributed by atoms with Crippen molar-refractivity contribution in [1.82, 2.24) is 0 Å². The molecule has 0 saturated carbocycles. The van der Waals surface area contributed by atoms with Crippen LogP contribution in [0.3, 0.4) is 0 Å². The number of hydrogen-bond acceptors (Lipinski definition) is 7. The first kappa shape index (κ1) is 16.0. The van der Waals surface area contributed by atoms with E-state index < -0.39 is 17.5 Å². The molecule has 23 heavy (non-hydrogen) atoms. The van der Waals surface area contributed by atoms with E-state index in [0.29, 0.717) is 4.88 Å². The van der Waals surface area contributed by atoms with Gasteiger partial charge in [0.15, 0.2) is 0 Å². The van der Waals surface area contributed by atoms with Gasteiger partial charge in [-0.25, -0.2) is 0 Å². The highest BCUT2D eigenvalue weighted by Crippen LogP contribution is 2.42. The minimum Gasteiger partial charge on any atom is -0.511 e. The maximum atomic E-state index is 12.4. The summed E-state index contributed by atoms with van der Waals surface area (Å²) >= 11 is 2.78. The monoisotopic (exact) mass is 348 g/mol. The molecule has 2 atom stereocenters. The Hall–Kier alpha value is -1.86. The minimum atomic E-state index is -0.817. The van der Waals surface area contributed by atoms with Crippen LogP contribution in [0.25, 0.3) is 5.57 Å². The summed E-state index contributed by atoms with van der Waals surface area (Å²) in [4.78, 5) is 31.4. The molecule has 1 N–H and O–H groups in total. The molecule has 1 aliphatic carbocycles. The highest BCUT2D eigenvalue weighted by molar-refractivity contribution is 8.15. The quantitative estimate of drug-likeness (QED) is 0.850. The number of allylic oxidation sites excluding steroid dienone is 2. The fourth-order valence-electron chi connectivity index (χ4n) is 2.61. The number of ketones is 2. The first-order chi connectivity index (χ1) is 10.9. The van der Waals surface area contributed by atoms with Crippen molar-refractivity contribution in [2.75, 3.05) is 26.0 Å². The molecule has 2 aliphatic rings. The molecule has 0 radical (unpaired) electrons. The fourth-order valence-corrected chi connectivity index (χ4v) is 4.67. The van der Waals surface area contributed by atoms with Crippen molar-refractivity contribution in [3.05, 3.63) is 34.9 Å². The lowest BCUT2D eigenvalue weighted by molar-refractivity contribution is -0.134. The van der Waals surface area contributed by atoms with Crippen LogP contribution in [0.4, 0.5) is 5.00 Å². The number of anilines is 1. The summed E-state index contributed by atoms with van der Waals surface area (Å²) in [6.45, 7) is 0. The lowest BCUT2D eigenvalue weighted by atomic mass is 10.0. The van der Waals surface area contributed by atoms with Crippen molar-refractivity contribution in [2.24, 2.45) is 10.9 Å². The second kappa shape index (κ2) is 5.98. The van der Waals surface area contributed by atoms with E-state index in [4.69, 9.17) is 0 Å². The summed E-state index contributed by atoms with van der Waals surface area (Å²) in [5, 5.41) is 12.0. The molecule has 3 rings (SSSR count). The van der Waals surface area contributed by atoms with Gasteiger partial charge in [0.25, 0.3) is 0 Å². The van der Waals surface area contributed by atoms with Crippen LogP contribution in [0, 0.1) is 5.92 Å². The topological polar surface area (TPSA) is 70.0 Å². The Morgan fingerprint density at radius 1 is 1.26 bits per heavy atom. The highest BCUT2D eigenvalue weighted by atomic mass is 32.2. The van der Waals surface area contributed by atoms with E-state index in [-0.39, 0.29) is 16.6 Å². The Morgan fingerprint density at radius 3 is 2.57 bits per heavy atom. The van der Waals surface area contributed by atoms with Gasteiger partial charge in [-0.1, -0.05) is 17.8 Å². The van der Waals surface area contributed by atoms with Crippen molar-refractivity contribution in [3.63, 3.8) is 0 Å². The summed E-state index contributed by atoms with van der Waals surface area (Å²) in [5.41, 5.74) is 0.147. The first-order valence-electron chi connectivity index (χ1n) is 7.05. The number of carbonyl (C=O) groups excluding carboxylic acids is 2. The van der Waals surface area contributed by atoms with E-state index >= 15 is 0 Å². The molecule has 5 nitrogen and oxygen atoms in total. The molecule has 0 saturated heterocycles. The standard InChI is InChI=1S/C16H16N2O3S2/c1-17-10-6-4-8(22-10)12-14(19)13(16(21)15(12)20)9-5-7-11(23-9)18(2)3/h4-8,12,19H,1-3H3/b17-10-. The number of thioether (sulfide) groups is 1. The molecule has 0 amide bonds. The minimum absolute atomic E-state index is 0.119. The van der Waals surface area contributed by atoms with Crippen LogP contribution in [-0.2, 0) is 9.59 Å². The van der Waals surface area contributed by atoms with Crippen LogP contribution in [0.2, 0.25) is 0 Å². The Balaban J connectivity index is 1.97. The predicted octanol–water partition coefficient (Wildman–Crippen LogP) is 2.55. The summed E-state index contributed by atoms with van der Waals surface area (Å²) in [5.74, 6) is -2.08. The number of aliphatic hydroxyl groups excluding tert-OH is 1. The number of aliphatic hydroxyl groups is 1. The van der Waals surface area contributed by atoms with E-state index in [1.54, 1.807) is 13.1 Å². The van der Waals surface area contributed by atoms with E-state index in [0.717, 1.165) is 10.0 Å². The molecule has 0 aromatic carbocycles. The largest absolute Gasteiger partial charge is 0.511 e. The summed E-state index contributed by atoms with van der Waals surface area (Å²) in [7, 11) is 5.48. The van der Waals surface area contributed by atoms with Crippen molar-refractivity contribution in [2.45, 2.75) is 5.25 Å². The molecule has 2 unspecified atom stereocenters. The molecule has 1 aliphatic heterocycles. The number of hydrogen-bond donors (Lipinski definition) is 1. The van der Waals surface area contributed by atoms with Gasteiger partial charge in [0.05, 0.1) is 21.5 Å². The SMILES string of the molecule is C/N=C1/C=CC(C2C(=O)C(=O)C(c3ccc(N(C)C)s3)=C2O)S1. The van der Waals surface area contributed by atoms with Gasteiger partial charge >= 0.3 is 0 Å². The second-order valence-electron chi connectivity index (χ2n) is 5.47. The molecule has 1 aromatic rings. The van der Waals surface area contributed by atoms with Crippen molar-refractivity contribution in [1.29, 1.82) is 0 Å². The summed E-state index contributed by atoms with van der Waals surface area (Å²) in [6, 6.07) is 3.65. The third kappa shape index (κ3) is 2.64. The smallest absolute Gasteiger partial charge is 0.234 e. The number of carbonyl (C=O) groups is 2. The van der Waals surface area contributed by atoms with Crippen LogP contribution in [-0.4, -0.2) is 48.1 Å². The van der Waals surface area contributed by atoms with Crippen molar-refractivity contribution < 1.29 is 14.7 Å². The zero-order chi connectivity index (χ0) is 16.7. The lowest BCUT2D eigenvalue weighted by Gasteiger charge is -2.13. The Kier molecular flexibility index (Phi) is 4.16. The first-order valence-corrected chi connectivity index (χ1v) is 8.74. The Bertz CT molecular complexity index is 774. The van der Waals surface area contributed by atoms with Gasteiger partial charge < -0.3 is 10.0 Å². The van der Waals surface area contributed by atoms with Crippen LogP contribution in [0.5, 0.6) is 0 Å². The fraction of sp³-hybridized carbons (Fsp3) is 0.312. The van der Waals surface area contributed by atoms with E-state index in [1.165, 1.54) is 23.1 Å².